The zero-order valence-electron chi connectivity index (χ0n) is 12.1. The Morgan fingerprint density at radius 2 is 1.77 bits per heavy atom. The molecule has 0 amide bonds. The molecule has 22 heavy (non-hydrogen) atoms. The van der Waals surface area contributed by atoms with E-state index in [1.54, 1.807) is 26.0 Å². The predicted octanol–water partition coefficient (Wildman–Crippen LogP) is 4.40. The van der Waals surface area contributed by atoms with Gasteiger partial charge >= 0.3 is 6.18 Å². The number of nitrogens with two attached hydrogens (primary N) is 1. The molecule has 116 valence electrons. The second kappa shape index (κ2) is 5.71. The fraction of sp³-hybridized carbons (Fsp3) is 0.188. The number of nitrogens with one attached hydrogen (secondary N) is 1. The first kappa shape index (κ1) is 15.9. The number of hydrogen-bond donors (Lipinski definition) is 2. The Hall–Kier alpha value is -2.50. The van der Waals surface area contributed by atoms with Gasteiger partial charge in [-0.15, -0.1) is 0 Å². The maximum atomic E-state index is 12.7. The molecule has 0 fully saturated rings. The summed E-state index contributed by atoms with van der Waals surface area (Å²) in [5, 5.41) is 7.47. The average molecular weight is 308 g/mol. The zero-order chi connectivity index (χ0) is 16.5. The van der Waals surface area contributed by atoms with Crippen LogP contribution in [0.5, 0.6) is 11.5 Å². The molecule has 0 atom stereocenters. The van der Waals surface area contributed by atoms with Gasteiger partial charge in [0.1, 0.15) is 17.3 Å². The zero-order valence-corrected chi connectivity index (χ0v) is 12.1. The molecule has 2 aromatic carbocycles. The maximum Gasteiger partial charge on any atom is 0.416 e. The molecular weight excluding hydrogens is 293 g/mol. The molecule has 0 bridgehead atoms. The summed E-state index contributed by atoms with van der Waals surface area (Å²) in [4.78, 5) is 0. The van der Waals surface area contributed by atoms with Crippen molar-refractivity contribution in [2.45, 2.75) is 20.0 Å². The summed E-state index contributed by atoms with van der Waals surface area (Å²) < 4.78 is 43.6. The van der Waals surface area contributed by atoms with E-state index in [1.165, 1.54) is 12.1 Å². The Bertz CT molecular complexity index is 724. The molecule has 3 nitrogen and oxygen atoms in total. The van der Waals surface area contributed by atoms with Gasteiger partial charge in [-0.25, -0.2) is 0 Å². The van der Waals surface area contributed by atoms with Gasteiger partial charge in [0.25, 0.3) is 0 Å². The van der Waals surface area contributed by atoms with Gasteiger partial charge in [-0.05, 0) is 55.3 Å². The molecule has 0 radical (unpaired) electrons. The number of hydrogen-bond acceptors (Lipinski definition) is 2. The molecule has 0 heterocycles. The first-order valence-corrected chi connectivity index (χ1v) is 6.49. The van der Waals surface area contributed by atoms with Crippen LogP contribution in [-0.2, 0) is 6.18 Å². The number of benzene rings is 2. The van der Waals surface area contributed by atoms with Gasteiger partial charge in [-0.3, -0.25) is 5.41 Å². The second-order valence-corrected chi connectivity index (χ2v) is 4.97. The van der Waals surface area contributed by atoms with Crippen LogP contribution in [0.25, 0.3) is 0 Å². The standard InChI is InChI=1S/C16H15F3N2O/c1-9-7-14(10(2)6-13(9)15(20)21)22-12-5-3-4-11(8-12)16(17,18)19/h3-8H,1-2H3,(H3,20,21). The fourth-order valence-electron chi connectivity index (χ4n) is 2.05. The molecule has 0 spiro atoms. The van der Waals surface area contributed by atoms with Crippen LogP contribution in [-0.4, -0.2) is 5.84 Å². The van der Waals surface area contributed by atoms with E-state index in [2.05, 4.69) is 0 Å². The number of alkyl halides is 3. The minimum absolute atomic E-state index is 0.0637. The molecule has 2 aromatic rings. The molecule has 0 aliphatic heterocycles. The van der Waals surface area contributed by atoms with E-state index >= 15 is 0 Å². The van der Waals surface area contributed by atoms with Crippen LogP contribution in [0.3, 0.4) is 0 Å². The Morgan fingerprint density at radius 1 is 1.09 bits per heavy atom. The van der Waals surface area contributed by atoms with Crippen LogP contribution in [0.1, 0.15) is 22.3 Å². The summed E-state index contributed by atoms with van der Waals surface area (Å²) in [6.45, 7) is 3.50. The third-order valence-corrected chi connectivity index (χ3v) is 3.20. The summed E-state index contributed by atoms with van der Waals surface area (Å²) in [7, 11) is 0. The fourth-order valence-corrected chi connectivity index (χ4v) is 2.05. The third-order valence-electron chi connectivity index (χ3n) is 3.20. The highest BCUT2D eigenvalue weighted by Gasteiger charge is 2.30. The van der Waals surface area contributed by atoms with Gasteiger partial charge in [0.2, 0.25) is 0 Å². The molecule has 0 saturated carbocycles. The predicted molar refractivity (Wildman–Crippen MR) is 78.5 cm³/mol. The molecule has 0 aliphatic carbocycles. The van der Waals surface area contributed by atoms with Crippen LogP contribution >= 0.6 is 0 Å². The average Bonchev–Trinajstić information content (AvgIpc) is 2.41. The van der Waals surface area contributed by atoms with Crippen LogP contribution in [0.2, 0.25) is 0 Å². The van der Waals surface area contributed by atoms with Crippen molar-refractivity contribution in [1.29, 1.82) is 5.41 Å². The number of nitrogen functional groups attached to an aromatic ring is 1. The molecule has 2 rings (SSSR count). The molecule has 0 unspecified atom stereocenters. The van der Waals surface area contributed by atoms with Crippen molar-refractivity contribution in [2.24, 2.45) is 5.73 Å². The smallest absolute Gasteiger partial charge is 0.416 e. The highest BCUT2D eigenvalue weighted by molar-refractivity contribution is 5.96. The van der Waals surface area contributed by atoms with Crippen LogP contribution < -0.4 is 10.5 Å². The number of halogens is 3. The molecule has 3 N–H and O–H groups in total. The summed E-state index contributed by atoms with van der Waals surface area (Å²) in [6, 6.07) is 8.04. The van der Waals surface area contributed by atoms with Crippen molar-refractivity contribution >= 4 is 5.84 Å². The summed E-state index contributed by atoms with van der Waals surface area (Å²) >= 11 is 0. The van der Waals surface area contributed by atoms with E-state index < -0.39 is 11.7 Å². The minimum Gasteiger partial charge on any atom is -0.457 e. The van der Waals surface area contributed by atoms with Gasteiger partial charge in [-0.1, -0.05) is 6.07 Å². The Kier molecular flexibility index (Phi) is 4.12. The maximum absolute atomic E-state index is 12.7. The van der Waals surface area contributed by atoms with Gasteiger partial charge in [0, 0.05) is 5.56 Å². The van der Waals surface area contributed by atoms with Crippen molar-refractivity contribution in [3.63, 3.8) is 0 Å². The monoisotopic (exact) mass is 308 g/mol. The lowest BCUT2D eigenvalue weighted by molar-refractivity contribution is -0.137. The van der Waals surface area contributed by atoms with E-state index in [-0.39, 0.29) is 11.6 Å². The van der Waals surface area contributed by atoms with Crippen molar-refractivity contribution in [1.82, 2.24) is 0 Å². The lowest BCUT2D eigenvalue weighted by Crippen LogP contribution is -2.13. The highest BCUT2D eigenvalue weighted by Crippen LogP contribution is 2.34. The van der Waals surface area contributed by atoms with Crippen molar-refractivity contribution < 1.29 is 17.9 Å². The van der Waals surface area contributed by atoms with Crippen molar-refractivity contribution in [3.05, 3.63) is 58.7 Å². The highest BCUT2D eigenvalue weighted by atomic mass is 19.4. The molecular formula is C16H15F3N2O. The van der Waals surface area contributed by atoms with E-state index in [0.717, 1.165) is 17.7 Å². The van der Waals surface area contributed by atoms with Gasteiger partial charge in [-0.2, -0.15) is 13.2 Å². The summed E-state index contributed by atoms with van der Waals surface area (Å²) in [6.07, 6.45) is -4.41. The quantitative estimate of drug-likeness (QED) is 0.652. The summed E-state index contributed by atoms with van der Waals surface area (Å²) in [5.41, 5.74) is 6.70. The first-order valence-electron chi connectivity index (χ1n) is 6.49. The van der Waals surface area contributed by atoms with Gasteiger partial charge < -0.3 is 10.5 Å². The normalized spacial score (nSPS) is 11.3. The van der Waals surface area contributed by atoms with E-state index in [0.29, 0.717) is 16.9 Å². The van der Waals surface area contributed by atoms with Gasteiger partial charge in [0.05, 0.1) is 5.56 Å². The largest absolute Gasteiger partial charge is 0.457 e. The van der Waals surface area contributed by atoms with Crippen LogP contribution in [0, 0.1) is 19.3 Å². The molecule has 0 aliphatic rings. The number of amidine groups is 1. The van der Waals surface area contributed by atoms with E-state index in [4.69, 9.17) is 15.9 Å². The number of aryl methyl sites for hydroxylation is 2. The molecule has 0 saturated heterocycles. The van der Waals surface area contributed by atoms with E-state index in [9.17, 15) is 13.2 Å². The molecule has 0 aromatic heterocycles. The Labute approximate surface area is 126 Å². The molecule has 6 heteroatoms. The number of rotatable bonds is 3. The third kappa shape index (κ3) is 3.39. The lowest BCUT2D eigenvalue weighted by Gasteiger charge is -2.14. The lowest BCUT2D eigenvalue weighted by atomic mass is 10.0. The van der Waals surface area contributed by atoms with E-state index in [1.807, 2.05) is 0 Å². The second-order valence-electron chi connectivity index (χ2n) is 4.97. The van der Waals surface area contributed by atoms with Crippen LogP contribution in [0.4, 0.5) is 13.2 Å². The number of ether oxygens (including phenoxy) is 1. The van der Waals surface area contributed by atoms with Gasteiger partial charge in [0.15, 0.2) is 0 Å². The Morgan fingerprint density at radius 3 is 2.36 bits per heavy atom. The van der Waals surface area contributed by atoms with Crippen molar-refractivity contribution in [2.75, 3.05) is 0 Å². The van der Waals surface area contributed by atoms with Crippen LogP contribution in [0.15, 0.2) is 36.4 Å². The topological polar surface area (TPSA) is 59.1 Å². The Balaban J connectivity index is 2.36. The minimum atomic E-state index is -4.41. The first-order chi connectivity index (χ1) is 10.2. The SMILES string of the molecule is Cc1cc(C(=N)N)c(C)cc1Oc1cccc(C(F)(F)F)c1. The van der Waals surface area contributed by atoms with Crippen molar-refractivity contribution in [3.8, 4) is 11.5 Å². The summed E-state index contributed by atoms with van der Waals surface area (Å²) in [5.74, 6) is 0.473.